The topological polar surface area (TPSA) is 111 Å². The molecule has 0 aliphatic rings. The van der Waals surface area contributed by atoms with Gasteiger partial charge in [0.2, 0.25) is 10.0 Å². The number of carbonyl (C=O) groups excluding carboxylic acids is 1. The van der Waals surface area contributed by atoms with Gasteiger partial charge >= 0.3 is 6.61 Å². The highest BCUT2D eigenvalue weighted by molar-refractivity contribution is 7.89. The predicted molar refractivity (Wildman–Crippen MR) is 133 cm³/mol. The zero-order valence-electron chi connectivity index (χ0n) is 18.6. The Bertz CT molecular complexity index is 1540. The molecule has 0 saturated heterocycles. The van der Waals surface area contributed by atoms with Gasteiger partial charge in [0.05, 0.1) is 26.2 Å². The lowest BCUT2D eigenvalue weighted by atomic mass is 10.0. The van der Waals surface area contributed by atoms with Crippen molar-refractivity contribution in [2.24, 2.45) is 0 Å². The maximum atomic E-state index is 13.3. The molecule has 4 aromatic rings. The molecule has 1 amide bonds. The largest absolute Gasteiger partial charge is 0.452 e. The van der Waals surface area contributed by atoms with Crippen molar-refractivity contribution in [1.29, 1.82) is 0 Å². The number of amides is 1. The number of alkyl halides is 2. The quantitative estimate of drug-likeness (QED) is 0.236. The van der Waals surface area contributed by atoms with Crippen LogP contribution in [0.25, 0.3) is 21.9 Å². The van der Waals surface area contributed by atoms with E-state index in [-0.39, 0.29) is 60.4 Å². The molecule has 0 atom stereocenters. The Kier molecular flexibility index (Phi) is 7.65. The number of furan rings is 1. The number of sulfonamides is 1. The van der Waals surface area contributed by atoms with Gasteiger partial charge in [0.25, 0.3) is 5.91 Å². The third-order valence-electron chi connectivity index (χ3n) is 5.24. The Hall–Kier alpha value is -2.99. The third kappa shape index (κ3) is 5.24. The molecular weight excluding hydrogens is 539 g/mol. The van der Waals surface area contributed by atoms with E-state index < -0.39 is 22.5 Å². The van der Waals surface area contributed by atoms with Gasteiger partial charge in [0, 0.05) is 29.7 Å². The molecule has 8 nitrogen and oxygen atoms in total. The summed E-state index contributed by atoms with van der Waals surface area (Å²) in [6, 6.07) is 6.43. The molecule has 0 aliphatic heterocycles. The van der Waals surface area contributed by atoms with Crippen molar-refractivity contribution < 1.29 is 31.1 Å². The van der Waals surface area contributed by atoms with E-state index in [0.29, 0.717) is 6.42 Å². The van der Waals surface area contributed by atoms with E-state index in [1.807, 2.05) is 6.92 Å². The van der Waals surface area contributed by atoms with Crippen LogP contribution < -0.4 is 14.8 Å². The standard InChI is InChI=1S/C23H19Cl2F2N3O5S/c1-2-3-8-29-36(32,33)12-4-6-17-14(9-12)19-13(5-7-18(21(19)34-17)35-23(26)27)22(31)30-20-15(24)10-28-11-16(20)25/h4-7,9-11,23,29H,2-3,8H2,1H3,(H,28,30,31). The number of aromatic nitrogens is 1. The lowest BCUT2D eigenvalue weighted by Crippen LogP contribution is -2.24. The number of halogens is 4. The Morgan fingerprint density at radius 2 is 1.89 bits per heavy atom. The van der Waals surface area contributed by atoms with Crippen molar-refractivity contribution in [3.05, 3.63) is 58.3 Å². The summed E-state index contributed by atoms with van der Waals surface area (Å²) < 4.78 is 64.4. The second-order valence-electron chi connectivity index (χ2n) is 7.64. The van der Waals surface area contributed by atoms with Crippen LogP contribution in [0.15, 0.2) is 52.0 Å². The Morgan fingerprint density at radius 3 is 2.56 bits per heavy atom. The Balaban J connectivity index is 1.88. The summed E-state index contributed by atoms with van der Waals surface area (Å²) in [7, 11) is -3.88. The minimum absolute atomic E-state index is 0.0113. The van der Waals surface area contributed by atoms with Crippen LogP contribution in [0.4, 0.5) is 14.5 Å². The molecule has 0 saturated carbocycles. The summed E-state index contributed by atoms with van der Waals surface area (Å²) in [6.45, 7) is -0.985. The van der Waals surface area contributed by atoms with Crippen molar-refractivity contribution in [2.75, 3.05) is 11.9 Å². The van der Waals surface area contributed by atoms with Crippen molar-refractivity contribution in [3.63, 3.8) is 0 Å². The van der Waals surface area contributed by atoms with E-state index in [1.165, 1.54) is 36.7 Å². The molecule has 36 heavy (non-hydrogen) atoms. The molecule has 2 aromatic heterocycles. The number of ether oxygens (including phenoxy) is 1. The molecule has 4 rings (SSSR count). The zero-order chi connectivity index (χ0) is 26.0. The summed E-state index contributed by atoms with van der Waals surface area (Å²) in [5.74, 6) is -1.02. The number of hydrogen-bond acceptors (Lipinski definition) is 6. The minimum atomic E-state index is -3.88. The van der Waals surface area contributed by atoms with E-state index in [0.717, 1.165) is 12.5 Å². The first-order chi connectivity index (χ1) is 17.1. The molecule has 2 heterocycles. The fraction of sp³-hybridized carbons (Fsp3) is 0.217. The van der Waals surface area contributed by atoms with Crippen LogP contribution in [-0.4, -0.2) is 32.5 Å². The molecule has 0 bridgehead atoms. The first-order valence-electron chi connectivity index (χ1n) is 10.7. The van der Waals surface area contributed by atoms with E-state index in [9.17, 15) is 22.0 Å². The van der Waals surface area contributed by atoms with Gasteiger partial charge in [-0.05, 0) is 36.8 Å². The Labute approximate surface area is 214 Å². The Morgan fingerprint density at radius 1 is 1.17 bits per heavy atom. The average molecular weight is 558 g/mol. The van der Waals surface area contributed by atoms with Crippen LogP contribution in [0.2, 0.25) is 10.0 Å². The summed E-state index contributed by atoms with van der Waals surface area (Å²) in [4.78, 5) is 17.0. The second kappa shape index (κ2) is 10.6. The molecule has 0 spiro atoms. The molecule has 2 N–H and O–H groups in total. The summed E-state index contributed by atoms with van der Waals surface area (Å²) in [5.41, 5.74) is 0.0913. The number of fused-ring (bicyclic) bond motifs is 3. The van der Waals surface area contributed by atoms with Crippen LogP contribution >= 0.6 is 23.2 Å². The number of hydrogen-bond donors (Lipinski definition) is 2. The predicted octanol–water partition coefficient (Wildman–Crippen LogP) is 6.22. The fourth-order valence-corrected chi connectivity index (χ4v) is 5.12. The van der Waals surface area contributed by atoms with Crippen molar-refractivity contribution in [3.8, 4) is 5.75 Å². The lowest BCUT2D eigenvalue weighted by molar-refractivity contribution is -0.0493. The number of nitrogens with zero attached hydrogens (tertiary/aromatic N) is 1. The van der Waals surface area contributed by atoms with E-state index >= 15 is 0 Å². The van der Waals surface area contributed by atoms with Crippen molar-refractivity contribution in [2.45, 2.75) is 31.3 Å². The van der Waals surface area contributed by atoms with Crippen LogP contribution in [0.3, 0.4) is 0 Å². The minimum Gasteiger partial charge on any atom is -0.452 e. The summed E-state index contributed by atoms with van der Waals surface area (Å²) in [6.07, 6.45) is 4.02. The normalized spacial score (nSPS) is 11.9. The second-order valence-corrected chi connectivity index (χ2v) is 10.2. The van der Waals surface area contributed by atoms with Crippen LogP contribution in [0.5, 0.6) is 5.75 Å². The van der Waals surface area contributed by atoms with E-state index in [4.69, 9.17) is 27.6 Å². The van der Waals surface area contributed by atoms with Crippen LogP contribution in [-0.2, 0) is 10.0 Å². The monoisotopic (exact) mass is 557 g/mol. The molecular formula is C23H19Cl2F2N3O5S. The average Bonchev–Trinajstić information content (AvgIpc) is 3.21. The summed E-state index contributed by atoms with van der Waals surface area (Å²) in [5, 5.41) is 3.02. The lowest BCUT2D eigenvalue weighted by Gasteiger charge is -2.11. The molecule has 0 fully saturated rings. The van der Waals surface area contributed by atoms with Crippen LogP contribution in [0, 0.1) is 0 Å². The number of benzene rings is 2. The molecule has 190 valence electrons. The van der Waals surface area contributed by atoms with Gasteiger partial charge in [-0.3, -0.25) is 9.78 Å². The van der Waals surface area contributed by atoms with Gasteiger partial charge in [-0.1, -0.05) is 36.5 Å². The van der Waals surface area contributed by atoms with E-state index in [1.54, 1.807) is 0 Å². The molecule has 0 radical (unpaired) electrons. The number of unbranched alkanes of at least 4 members (excludes halogenated alkanes) is 1. The number of carbonyl (C=O) groups is 1. The number of pyridine rings is 1. The molecule has 2 aromatic carbocycles. The van der Waals surface area contributed by atoms with Crippen LogP contribution in [0.1, 0.15) is 30.1 Å². The number of rotatable bonds is 9. The highest BCUT2D eigenvalue weighted by atomic mass is 35.5. The number of anilines is 1. The number of nitrogens with one attached hydrogen (secondary N) is 2. The molecule has 13 heteroatoms. The molecule has 0 aliphatic carbocycles. The van der Waals surface area contributed by atoms with Crippen molar-refractivity contribution in [1.82, 2.24) is 9.71 Å². The van der Waals surface area contributed by atoms with Gasteiger partial charge in [-0.15, -0.1) is 0 Å². The zero-order valence-corrected chi connectivity index (χ0v) is 21.0. The highest BCUT2D eigenvalue weighted by Gasteiger charge is 2.24. The fourth-order valence-electron chi connectivity index (χ4n) is 3.56. The SMILES string of the molecule is CCCCNS(=O)(=O)c1ccc2oc3c(OC(F)F)ccc(C(=O)Nc4c(Cl)cncc4Cl)c3c2c1. The van der Waals surface area contributed by atoms with E-state index in [2.05, 4.69) is 19.8 Å². The van der Waals surface area contributed by atoms with Gasteiger partial charge in [0.1, 0.15) is 5.58 Å². The first kappa shape index (κ1) is 26.1. The van der Waals surface area contributed by atoms with Gasteiger partial charge in [-0.2, -0.15) is 8.78 Å². The smallest absolute Gasteiger partial charge is 0.387 e. The maximum absolute atomic E-state index is 13.3. The maximum Gasteiger partial charge on any atom is 0.387 e. The van der Waals surface area contributed by atoms with Gasteiger partial charge in [-0.25, -0.2) is 13.1 Å². The highest BCUT2D eigenvalue weighted by Crippen LogP contribution is 2.39. The summed E-state index contributed by atoms with van der Waals surface area (Å²) >= 11 is 12.2. The van der Waals surface area contributed by atoms with Gasteiger partial charge in [0.15, 0.2) is 11.3 Å². The first-order valence-corrected chi connectivity index (χ1v) is 12.9. The van der Waals surface area contributed by atoms with Crippen molar-refractivity contribution >= 4 is 66.8 Å². The van der Waals surface area contributed by atoms with Gasteiger partial charge < -0.3 is 14.5 Å². The third-order valence-corrected chi connectivity index (χ3v) is 7.27. The molecule has 0 unspecified atom stereocenters.